The Kier molecular flexibility index (Phi) is 6.61. The highest BCUT2D eigenvalue weighted by molar-refractivity contribution is 6.06. The second-order valence-electron chi connectivity index (χ2n) is 7.19. The molecule has 31 heavy (non-hydrogen) atoms. The molecule has 0 aromatic heterocycles. The minimum atomic E-state index is -1.25. The lowest BCUT2D eigenvalue weighted by atomic mass is 9.71. The Morgan fingerprint density at radius 3 is 2.16 bits per heavy atom. The largest absolute Gasteiger partial charge is 0.466 e. The van der Waals surface area contributed by atoms with Crippen molar-refractivity contribution in [3.8, 4) is 11.8 Å². The summed E-state index contributed by atoms with van der Waals surface area (Å²) in [5.74, 6) is 5.23. The fourth-order valence-corrected chi connectivity index (χ4v) is 3.70. The van der Waals surface area contributed by atoms with Crippen LogP contribution in [0.25, 0.3) is 5.70 Å². The summed E-state index contributed by atoms with van der Waals surface area (Å²) in [7, 11) is 1.31. The molecule has 5 heteroatoms. The normalized spacial score (nSPS) is 17.9. The summed E-state index contributed by atoms with van der Waals surface area (Å²) >= 11 is 0. The highest BCUT2D eigenvalue weighted by Gasteiger charge is 2.46. The van der Waals surface area contributed by atoms with Gasteiger partial charge in [-0.1, -0.05) is 60.4 Å². The standard InChI is InChI=1S/C26H25NO4/c1-5-31-25(29)22-23(20-14-10-7-11-15-20)27-18(2)21(24(28)30-4)26(22,3)17-16-19-12-8-6-9-13-19/h6-15,27H,5H2,1-4H3. The Morgan fingerprint density at radius 2 is 1.58 bits per heavy atom. The van der Waals surface area contributed by atoms with Gasteiger partial charge in [0.1, 0.15) is 0 Å². The van der Waals surface area contributed by atoms with Gasteiger partial charge in [-0.05, 0) is 38.5 Å². The van der Waals surface area contributed by atoms with Crippen molar-refractivity contribution in [2.24, 2.45) is 5.41 Å². The first kappa shape index (κ1) is 21.9. The summed E-state index contributed by atoms with van der Waals surface area (Å²) in [6, 6.07) is 18.9. The van der Waals surface area contributed by atoms with E-state index in [-0.39, 0.29) is 17.8 Å². The average molecular weight is 415 g/mol. The van der Waals surface area contributed by atoms with Gasteiger partial charge in [-0.3, -0.25) is 0 Å². The molecular formula is C26H25NO4. The van der Waals surface area contributed by atoms with E-state index in [1.165, 1.54) is 7.11 Å². The van der Waals surface area contributed by atoms with Crippen molar-refractivity contribution in [1.82, 2.24) is 5.32 Å². The van der Waals surface area contributed by atoms with Crippen LogP contribution in [0, 0.1) is 17.3 Å². The van der Waals surface area contributed by atoms with Crippen LogP contribution in [0.4, 0.5) is 0 Å². The molecule has 0 bridgehead atoms. The molecule has 0 spiro atoms. The van der Waals surface area contributed by atoms with Crippen LogP contribution >= 0.6 is 0 Å². The number of rotatable bonds is 4. The Bertz CT molecular complexity index is 1100. The number of esters is 2. The molecule has 3 rings (SSSR count). The summed E-state index contributed by atoms with van der Waals surface area (Å²) in [6.45, 7) is 5.48. The summed E-state index contributed by atoms with van der Waals surface area (Å²) < 4.78 is 10.5. The second kappa shape index (κ2) is 9.36. The Labute approximate surface area is 182 Å². The van der Waals surface area contributed by atoms with Crippen molar-refractivity contribution < 1.29 is 19.1 Å². The first-order valence-corrected chi connectivity index (χ1v) is 10.0. The number of benzene rings is 2. The van der Waals surface area contributed by atoms with Gasteiger partial charge in [0.25, 0.3) is 0 Å². The van der Waals surface area contributed by atoms with Crippen LogP contribution in [-0.4, -0.2) is 25.7 Å². The van der Waals surface area contributed by atoms with Gasteiger partial charge in [-0.15, -0.1) is 0 Å². The van der Waals surface area contributed by atoms with E-state index in [1.807, 2.05) is 60.7 Å². The zero-order valence-corrected chi connectivity index (χ0v) is 18.1. The van der Waals surface area contributed by atoms with E-state index >= 15 is 0 Å². The maximum absolute atomic E-state index is 13.2. The Balaban J connectivity index is 2.32. The molecule has 1 aliphatic heterocycles. The topological polar surface area (TPSA) is 64.6 Å². The fraction of sp³-hybridized carbons (Fsp3) is 0.231. The first-order chi connectivity index (χ1) is 14.9. The molecule has 0 fully saturated rings. The van der Waals surface area contributed by atoms with E-state index in [0.717, 1.165) is 11.1 Å². The minimum absolute atomic E-state index is 0.197. The zero-order valence-electron chi connectivity index (χ0n) is 18.1. The number of hydrogen-bond donors (Lipinski definition) is 1. The van der Waals surface area contributed by atoms with E-state index in [2.05, 4.69) is 17.2 Å². The van der Waals surface area contributed by atoms with Crippen LogP contribution in [0.1, 0.15) is 31.9 Å². The molecule has 2 aromatic carbocycles. The lowest BCUT2D eigenvalue weighted by molar-refractivity contribution is -0.139. The predicted molar refractivity (Wildman–Crippen MR) is 119 cm³/mol. The molecule has 158 valence electrons. The monoisotopic (exact) mass is 415 g/mol. The molecule has 1 unspecified atom stereocenters. The van der Waals surface area contributed by atoms with Crippen LogP contribution in [-0.2, 0) is 19.1 Å². The molecule has 0 saturated heterocycles. The second-order valence-corrected chi connectivity index (χ2v) is 7.19. The maximum atomic E-state index is 13.2. The number of carbonyl (C=O) groups excluding carboxylic acids is 2. The summed E-state index contributed by atoms with van der Waals surface area (Å²) in [4.78, 5) is 26.0. The van der Waals surface area contributed by atoms with E-state index in [4.69, 9.17) is 9.47 Å². The number of dihydropyridines is 1. The van der Waals surface area contributed by atoms with Crippen LogP contribution in [0.2, 0.25) is 0 Å². The van der Waals surface area contributed by atoms with E-state index < -0.39 is 17.4 Å². The van der Waals surface area contributed by atoms with Gasteiger partial charge in [0.15, 0.2) is 0 Å². The fourth-order valence-electron chi connectivity index (χ4n) is 3.70. The Hall–Kier alpha value is -3.78. The van der Waals surface area contributed by atoms with E-state index in [0.29, 0.717) is 11.4 Å². The van der Waals surface area contributed by atoms with Crippen molar-refractivity contribution >= 4 is 17.6 Å². The van der Waals surface area contributed by atoms with Gasteiger partial charge in [0.05, 0.1) is 36.0 Å². The lowest BCUT2D eigenvalue weighted by Gasteiger charge is -2.35. The quantitative estimate of drug-likeness (QED) is 0.602. The number of allylic oxidation sites excluding steroid dienone is 1. The minimum Gasteiger partial charge on any atom is -0.466 e. The molecule has 0 amide bonds. The molecule has 1 aliphatic rings. The highest BCUT2D eigenvalue weighted by Crippen LogP contribution is 2.44. The SMILES string of the molecule is CCOC(=O)C1=C(c2ccccc2)NC(C)=C(C(=O)OC)C1(C)C#Cc1ccccc1. The van der Waals surface area contributed by atoms with Crippen molar-refractivity contribution in [2.75, 3.05) is 13.7 Å². The average Bonchev–Trinajstić information content (AvgIpc) is 2.78. The van der Waals surface area contributed by atoms with Crippen LogP contribution in [0.5, 0.6) is 0 Å². The first-order valence-electron chi connectivity index (χ1n) is 10.0. The smallest absolute Gasteiger partial charge is 0.338 e. The third-order valence-corrected chi connectivity index (χ3v) is 5.10. The summed E-state index contributed by atoms with van der Waals surface area (Å²) in [5, 5.41) is 3.23. The van der Waals surface area contributed by atoms with Crippen LogP contribution < -0.4 is 5.32 Å². The van der Waals surface area contributed by atoms with E-state index in [9.17, 15) is 9.59 Å². The van der Waals surface area contributed by atoms with Gasteiger partial charge in [0.2, 0.25) is 0 Å². The number of carbonyl (C=O) groups is 2. The van der Waals surface area contributed by atoms with Gasteiger partial charge >= 0.3 is 11.9 Å². The highest BCUT2D eigenvalue weighted by atomic mass is 16.5. The molecule has 2 aromatic rings. The van der Waals surface area contributed by atoms with Gasteiger partial charge in [0, 0.05) is 11.3 Å². The maximum Gasteiger partial charge on any atom is 0.338 e. The van der Waals surface area contributed by atoms with Gasteiger partial charge in [-0.2, -0.15) is 0 Å². The molecule has 1 N–H and O–H groups in total. The molecule has 0 aliphatic carbocycles. The third-order valence-electron chi connectivity index (χ3n) is 5.10. The molecule has 0 radical (unpaired) electrons. The Morgan fingerprint density at radius 1 is 0.968 bits per heavy atom. The molecule has 1 atom stereocenters. The number of ether oxygens (including phenoxy) is 2. The van der Waals surface area contributed by atoms with Gasteiger partial charge < -0.3 is 14.8 Å². The molecule has 0 saturated carbocycles. The summed E-state index contributed by atoms with van der Waals surface area (Å²) in [5.41, 5.74) is 2.00. The third kappa shape index (κ3) is 4.39. The van der Waals surface area contributed by atoms with Gasteiger partial charge in [-0.25, -0.2) is 9.59 Å². The van der Waals surface area contributed by atoms with Crippen LogP contribution in [0.15, 0.2) is 77.5 Å². The lowest BCUT2D eigenvalue weighted by Crippen LogP contribution is -2.39. The number of methoxy groups -OCH3 is 1. The van der Waals surface area contributed by atoms with E-state index in [1.54, 1.807) is 20.8 Å². The van der Waals surface area contributed by atoms with Crippen molar-refractivity contribution in [1.29, 1.82) is 0 Å². The van der Waals surface area contributed by atoms with Crippen molar-refractivity contribution in [3.63, 3.8) is 0 Å². The molecule has 1 heterocycles. The van der Waals surface area contributed by atoms with Crippen LogP contribution in [0.3, 0.4) is 0 Å². The zero-order chi connectivity index (χ0) is 22.4. The number of hydrogen-bond acceptors (Lipinski definition) is 5. The predicted octanol–water partition coefficient (Wildman–Crippen LogP) is 4.07. The van der Waals surface area contributed by atoms with Crippen molar-refractivity contribution in [3.05, 3.63) is 88.6 Å². The summed E-state index contributed by atoms with van der Waals surface area (Å²) in [6.07, 6.45) is 0. The number of nitrogens with one attached hydrogen (secondary N) is 1. The molecule has 5 nitrogen and oxygen atoms in total. The molecular weight excluding hydrogens is 390 g/mol. The van der Waals surface area contributed by atoms with Crippen molar-refractivity contribution in [2.45, 2.75) is 20.8 Å².